The molecule has 1 aliphatic heterocycles. The van der Waals surface area contributed by atoms with Gasteiger partial charge in [-0.2, -0.15) is 0 Å². The second-order valence-corrected chi connectivity index (χ2v) is 5.57. The molecule has 1 radical (unpaired) electrons. The Morgan fingerprint density at radius 1 is 1.46 bits per heavy atom. The van der Waals surface area contributed by atoms with Gasteiger partial charge in [0.15, 0.2) is 0 Å². The van der Waals surface area contributed by atoms with Gasteiger partial charge in [0, 0.05) is 5.92 Å². The molecule has 0 spiro atoms. The first kappa shape index (κ1) is 9.43. The fourth-order valence-electron chi connectivity index (χ4n) is 2.14. The zero-order valence-corrected chi connectivity index (χ0v) is 8.38. The maximum atomic E-state index is 11.0. The smallest absolute Gasteiger partial charge is 0.209 e. The lowest BCUT2D eigenvalue weighted by Gasteiger charge is -2.15. The van der Waals surface area contributed by atoms with E-state index in [1.807, 2.05) is 0 Å². The molecule has 1 N–H and O–H groups in total. The van der Waals surface area contributed by atoms with Gasteiger partial charge in [0.1, 0.15) is 0 Å². The highest BCUT2D eigenvalue weighted by Crippen LogP contribution is 2.35. The van der Waals surface area contributed by atoms with Crippen LogP contribution in [0.25, 0.3) is 0 Å². The van der Waals surface area contributed by atoms with Crippen molar-refractivity contribution < 1.29 is 13.2 Å². The van der Waals surface area contributed by atoms with Crippen LogP contribution >= 0.6 is 0 Å². The molecule has 3 atom stereocenters. The van der Waals surface area contributed by atoms with Crippen molar-refractivity contribution in [2.75, 3.05) is 12.9 Å². The van der Waals surface area contributed by atoms with Gasteiger partial charge in [0.05, 0.1) is 25.0 Å². The Morgan fingerprint density at radius 3 is 2.92 bits per heavy atom. The van der Waals surface area contributed by atoms with E-state index in [1.54, 1.807) is 0 Å². The van der Waals surface area contributed by atoms with Crippen LogP contribution < -0.4 is 4.72 Å². The van der Waals surface area contributed by atoms with E-state index in [1.165, 1.54) is 6.26 Å². The number of ether oxygens (including phenoxy) is 1. The second kappa shape index (κ2) is 3.22. The van der Waals surface area contributed by atoms with Crippen LogP contribution in [0.4, 0.5) is 0 Å². The van der Waals surface area contributed by atoms with Gasteiger partial charge in [0.2, 0.25) is 10.0 Å². The van der Waals surface area contributed by atoms with Crippen LogP contribution in [0.1, 0.15) is 12.8 Å². The van der Waals surface area contributed by atoms with Crippen molar-refractivity contribution in [2.24, 2.45) is 5.92 Å². The first-order valence-corrected chi connectivity index (χ1v) is 6.36. The molecule has 1 saturated carbocycles. The summed E-state index contributed by atoms with van der Waals surface area (Å²) < 4.78 is 30.1. The number of sulfonamides is 1. The average molecular weight is 204 g/mol. The third-order valence-electron chi connectivity index (χ3n) is 2.69. The van der Waals surface area contributed by atoms with Crippen molar-refractivity contribution >= 4 is 10.0 Å². The monoisotopic (exact) mass is 204 g/mol. The highest BCUT2D eigenvalue weighted by molar-refractivity contribution is 7.88. The molecule has 0 amide bonds. The van der Waals surface area contributed by atoms with Crippen molar-refractivity contribution in [1.29, 1.82) is 0 Å². The van der Waals surface area contributed by atoms with Crippen LogP contribution in [0, 0.1) is 12.3 Å². The Kier molecular flexibility index (Phi) is 2.33. The van der Waals surface area contributed by atoms with E-state index >= 15 is 0 Å². The number of hydrogen-bond acceptors (Lipinski definition) is 3. The Balaban J connectivity index is 2.01. The summed E-state index contributed by atoms with van der Waals surface area (Å²) in [4.78, 5) is 0. The Morgan fingerprint density at radius 2 is 2.23 bits per heavy atom. The molecule has 2 aliphatic rings. The maximum Gasteiger partial charge on any atom is 0.209 e. The molecule has 0 unspecified atom stereocenters. The van der Waals surface area contributed by atoms with Gasteiger partial charge in [-0.25, -0.2) is 13.1 Å². The summed E-state index contributed by atoms with van der Waals surface area (Å²) in [5.74, 6) is 0.356. The van der Waals surface area contributed by atoms with Crippen molar-refractivity contribution in [1.82, 2.24) is 4.72 Å². The molecule has 0 bridgehead atoms. The van der Waals surface area contributed by atoms with E-state index in [0.717, 1.165) is 12.8 Å². The quantitative estimate of drug-likeness (QED) is 0.684. The molecular weight excluding hydrogens is 190 g/mol. The molecule has 2 rings (SSSR count). The largest absolute Gasteiger partial charge is 0.376 e. The predicted octanol–water partition coefficient (Wildman–Crippen LogP) is -0.0827. The minimum atomic E-state index is -3.09. The summed E-state index contributed by atoms with van der Waals surface area (Å²) >= 11 is 0. The zero-order chi connectivity index (χ0) is 9.47. The molecule has 5 heteroatoms. The van der Waals surface area contributed by atoms with E-state index < -0.39 is 10.0 Å². The lowest BCUT2D eigenvalue weighted by atomic mass is 10.0. The van der Waals surface area contributed by atoms with Crippen LogP contribution in [0.5, 0.6) is 0 Å². The molecule has 75 valence electrons. The summed E-state index contributed by atoms with van der Waals surface area (Å²) in [5, 5.41) is 0. The Labute approximate surface area is 78.7 Å². The van der Waals surface area contributed by atoms with E-state index in [9.17, 15) is 8.42 Å². The van der Waals surface area contributed by atoms with E-state index in [0.29, 0.717) is 12.5 Å². The first-order chi connectivity index (χ1) is 6.06. The normalized spacial score (nSPS) is 39.3. The van der Waals surface area contributed by atoms with Gasteiger partial charge < -0.3 is 4.74 Å². The van der Waals surface area contributed by atoms with Gasteiger partial charge in [-0.05, 0) is 19.3 Å². The molecule has 0 aromatic carbocycles. The molecule has 0 aromatic heterocycles. The van der Waals surface area contributed by atoms with Crippen LogP contribution in [0.2, 0.25) is 0 Å². The summed E-state index contributed by atoms with van der Waals surface area (Å²) in [6.45, 7) is 0.524. The van der Waals surface area contributed by atoms with Crippen molar-refractivity contribution in [2.45, 2.75) is 25.0 Å². The van der Waals surface area contributed by atoms with Crippen molar-refractivity contribution in [3.63, 3.8) is 0 Å². The summed E-state index contributed by atoms with van der Waals surface area (Å²) in [7, 11) is -3.09. The van der Waals surface area contributed by atoms with Gasteiger partial charge in [-0.3, -0.25) is 0 Å². The third-order valence-corrected chi connectivity index (χ3v) is 3.42. The Bertz CT molecular complexity index is 288. The van der Waals surface area contributed by atoms with Gasteiger partial charge in [-0.1, -0.05) is 0 Å². The van der Waals surface area contributed by atoms with Gasteiger partial charge in [-0.15, -0.1) is 0 Å². The topological polar surface area (TPSA) is 55.4 Å². The SMILES string of the molecule is CS(=O)(=O)N[C@@H]1CO[C@@H]2C[CH]C[C@H]12. The molecule has 4 nitrogen and oxygen atoms in total. The molecule has 2 fully saturated rings. The lowest BCUT2D eigenvalue weighted by Crippen LogP contribution is -2.39. The Hall–Kier alpha value is -0.130. The predicted molar refractivity (Wildman–Crippen MR) is 48.5 cm³/mol. The standard InChI is InChI=1S/C8H14NO3S/c1-13(10,11)9-7-5-12-8-4-2-3-6(7)8/h2,6-9H,3-5H2,1H3/t6-,7-,8-/m1/s1. The molecule has 1 saturated heterocycles. The molecule has 1 heterocycles. The molecule has 1 aliphatic carbocycles. The van der Waals surface area contributed by atoms with E-state index in [4.69, 9.17) is 4.74 Å². The summed E-state index contributed by atoms with van der Waals surface area (Å²) in [6, 6.07) is -0.0150. The number of hydrogen-bond donors (Lipinski definition) is 1. The highest BCUT2D eigenvalue weighted by Gasteiger charge is 2.41. The fourth-order valence-corrected chi connectivity index (χ4v) is 2.93. The van der Waals surface area contributed by atoms with Crippen LogP contribution in [0.15, 0.2) is 0 Å². The fraction of sp³-hybridized carbons (Fsp3) is 0.875. The van der Waals surface area contributed by atoms with E-state index in [2.05, 4.69) is 11.1 Å². The molecular formula is C8H14NO3S. The number of rotatable bonds is 2. The molecule has 13 heavy (non-hydrogen) atoms. The average Bonchev–Trinajstić information content (AvgIpc) is 2.50. The van der Waals surface area contributed by atoms with Crippen molar-refractivity contribution in [3.8, 4) is 0 Å². The van der Waals surface area contributed by atoms with Gasteiger partial charge in [0.25, 0.3) is 0 Å². The zero-order valence-electron chi connectivity index (χ0n) is 7.56. The molecule has 0 aromatic rings. The highest BCUT2D eigenvalue weighted by atomic mass is 32.2. The second-order valence-electron chi connectivity index (χ2n) is 3.79. The van der Waals surface area contributed by atoms with Crippen LogP contribution in [-0.4, -0.2) is 33.4 Å². The number of nitrogens with one attached hydrogen (secondary N) is 1. The van der Waals surface area contributed by atoms with Crippen LogP contribution in [-0.2, 0) is 14.8 Å². The van der Waals surface area contributed by atoms with E-state index in [-0.39, 0.29) is 12.1 Å². The maximum absolute atomic E-state index is 11.0. The lowest BCUT2D eigenvalue weighted by molar-refractivity contribution is 0.104. The summed E-state index contributed by atoms with van der Waals surface area (Å²) in [6.07, 6.45) is 5.55. The third kappa shape index (κ3) is 2.03. The first-order valence-electron chi connectivity index (χ1n) is 4.47. The summed E-state index contributed by atoms with van der Waals surface area (Å²) in [5.41, 5.74) is 0. The van der Waals surface area contributed by atoms with Crippen molar-refractivity contribution in [3.05, 3.63) is 6.42 Å². The van der Waals surface area contributed by atoms with Gasteiger partial charge >= 0.3 is 0 Å². The van der Waals surface area contributed by atoms with Crippen LogP contribution in [0.3, 0.4) is 0 Å². The minimum Gasteiger partial charge on any atom is -0.376 e. The minimum absolute atomic E-state index is 0.0150. The number of fused-ring (bicyclic) bond motifs is 1.